The van der Waals surface area contributed by atoms with Gasteiger partial charge in [0.2, 0.25) is 0 Å². The van der Waals surface area contributed by atoms with Crippen LogP contribution in [0.5, 0.6) is 0 Å². The van der Waals surface area contributed by atoms with Crippen LogP contribution in [-0.2, 0) is 6.54 Å². The third-order valence-electron chi connectivity index (χ3n) is 1.54. The lowest BCUT2D eigenvalue weighted by molar-refractivity contribution is 0.389. The van der Waals surface area contributed by atoms with Crippen molar-refractivity contribution in [3.05, 3.63) is 25.4 Å². The topological polar surface area (TPSA) is 49.0 Å². The van der Waals surface area contributed by atoms with Crippen molar-refractivity contribution in [2.45, 2.75) is 13.5 Å². The van der Waals surface area contributed by atoms with E-state index in [0.717, 1.165) is 5.69 Å². The maximum Gasteiger partial charge on any atom is 0.264 e. The van der Waals surface area contributed by atoms with Gasteiger partial charge in [0.15, 0.2) is 0 Å². The smallest absolute Gasteiger partial charge is 0.264 e. The van der Waals surface area contributed by atoms with Gasteiger partial charge in [-0.3, -0.25) is 4.79 Å². The van der Waals surface area contributed by atoms with E-state index < -0.39 is 0 Å². The molecule has 0 radical (unpaired) electrons. The molecule has 0 amide bonds. The Labute approximate surface area is 90.5 Å². The van der Waals surface area contributed by atoms with E-state index in [1.165, 1.54) is 0 Å². The Kier molecular flexibility index (Phi) is 3.43. The Morgan fingerprint density at radius 1 is 1.54 bits per heavy atom. The van der Waals surface area contributed by atoms with E-state index >= 15 is 0 Å². The van der Waals surface area contributed by atoms with Gasteiger partial charge in [-0.25, -0.2) is 4.98 Å². The largest absolute Gasteiger partial charge is 0.309 e. The summed E-state index contributed by atoms with van der Waals surface area (Å²) in [7, 11) is 3.88. The van der Waals surface area contributed by atoms with Crippen molar-refractivity contribution >= 4 is 22.6 Å². The molecule has 0 aliphatic rings. The van der Waals surface area contributed by atoms with E-state index in [0.29, 0.717) is 15.9 Å². The number of hydrogen-bond donors (Lipinski definition) is 1. The molecule has 0 unspecified atom stereocenters. The summed E-state index contributed by atoms with van der Waals surface area (Å²) >= 11 is 2.00. The second kappa shape index (κ2) is 4.19. The van der Waals surface area contributed by atoms with E-state index in [1.807, 2.05) is 48.5 Å². The molecule has 1 aromatic rings. The van der Waals surface area contributed by atoms with Gasteiger partial charge >= 0.3 is 0 Å². The number of aromatic nitrogens is 2. The molecule has 0 saturated carbocycles. The van der Waals surface area contributed by atoms with Gasteiger partial charge in [0.25, 0.3) is 5.56 Å². The van der Waals surface area contributed by atoms with E-state index in [-0.39, 0.29) is 5.56 Å². The van der Waals surface area contributed by atoms with Crippen molar-refractivity contribution in [3.63, 3.8) is 0 Å². The molecule has 1 heterocycles. The zero-order valence-corrected chi connectivity index (χ0v) is 10.0. The second-order valence-corrected chi connectivity index (χ2v) is 4.23. The molecule has 0 fully saturated rings. The maximum atomic E-state index is 11.3. The van der Waals surface area contributed by atoms with Crippen LogP contribution in [0.1, 0.15) is 11.5 Å². The van der Waals surface area contributed by atoms with Gasteiger partial charge in [-0.2, -0.15) is 0 Å². The minimum atomic E-state index is -0.0510. The van der Waals surface area contributed by atoms with E-state index in [9.17, 15) is 4.79 Å². The van der Waals surface area contributed by atoms with Crippen LogP contribution in [0.2, 0.25) is 0 Å². The van der Waals surface area contributed by atoms with Crippen LogP contribution in [-0.4, -0.2) is 29.0 Å². The fraction of sp³-hybridized carbons (Fsp3) is 0.500. The van der Waals surface area contributed by atoms with Gasteiger partial charge in [0.1, 0.15) is 5.82 Å². The van der Waals surface area contributed by atoms with Crippen LogP contribution >= 0.6 is 22.6 Å². The van der Waals surface area contributed by atoms with Crippen molar-refractivity contribution in [1.29, 1.82) is 0 Å². The summed E-state index contributed by atoms with van der Waals surface area (Å²) in [6.45, 7) is 2.50. The SMILES string of the molecule is Cc1nc(CN(C)C)[nH]c(=O)c1I. The Bertz CT molecular complexity index is 359. The van der Waals surface area contributed by atoms with Crippen molar-refractivity contribution < 1.29 is 0 Å². The third-order valence-corrected chi connectivity index (χ3v) is 2.81. The Balaban J connectivity index is 3.06. The molecular formula is C8H12IN3O. The molecule has 0 saturated heterocycles. The predicted octanol–water partition coefficient (Wildman–Crippen LogP) is 0.745. The number of hydrogen-bond acceptors (Lipinski definition) is 3. The van der Waals surface area contributed by atoms with Gasteiger partial charge in [0.05, 0.1) is 15.8 Å². The first-order chi connectivity index (χ1) is 6.00. The van der Waals surface area contributed by atoms with Crippen LogP contribution < -0.4 is 5.56 Å². The van der Waals surface area contributed by atoms with Crippen LogP contribution in [0.3, 0.4) is 0 Å². The fourth-order valence-corrected chi connectivity index (χ4v) is 1.26. The standard InChI is InChI=1S/C8H12IN3O/c1-5-7(9)8(13)11-6(10-5)4-12(2)3/h4H2,1-3H3,(H,10,11,13). The van der Waals surface area contributed by atoms with Crippen LogP contribution in [0.4, 0.5) is 0 Å². The van der Waals surface area contributed by atoms with Crippen molar-refractivity contribution in [3.8, 4) is 0 Å². The third kappa shape index (κ3) is 2.77. The summed E-state index contributed by atoms with van der Waals surface area (Å²) in [5, 5.41) is 0. The highest BCUT2D eigenvalue weighted by molar-refractivity contribution is 14.1. The molecule has 0 aliphatic heterocycles. The first-order valence-corrected chi connectivity index (χ1v) is 4.98. The molecule has 0 aliphatic carbocycles. The molecule has 0 spiro atoms. The highest BCUT2D eigenvalue weighted by atomic mass is 127. The molecule has 5 heteroatoms. The number of rotatable bonds is 2. The normalized spacial score (nSPS) is 10.8. The number of aromatic amines is 1. The quantitative estimate of drug-likeness (QED) is 0.818. The van der Waals surface area contributed by atoms with Gasteiger partial charge in [0, 0.05) is 0 Å². The zero-order valence-electron chi connectivity index (χ0n) is 7.89. The summed E-state index contributed by atoms with van der Waals surface area (Å²) in [5.74, 6) is 0.716. The van der Waals surface area contributed by atoms with Crippen LogP contribution in [0.25, 0.3) is 0 Å². The van der Waals surface area contributed by atoms with Crippen molar-refractivity contribution in [2.24, 2.45) is 0 Å². The van der Waals surface area contributed by atoms with E-state index in [4.69, 9.17) is 0 Å². The number of nitrogens with one attached hydrogen (secondary N) is 1. The van der Waals surface area contributed by atoms with E-state index in [1.54, 1.807) is 0 Å². The van der Waals surface area contributed by atoms with Crippen LogP contribution in [0, 0.1) is 10.5 Å². The number of nitrogens with zero attached hydrogens (tertiary/aromatic N) is 2. The maximum absolute atomic E-state index is 11.3. The molecule has 1 rings (SSSR count). The summed E-state index contributed by atoms with van der Waals surface area (Å²) in [6, 6.07) is 0. The Hall–Kier alpha value is -0.430. The van der Waals surface area contributed by atoms with Crippen LogP contribution in [0.15, 0.2) is 4.79 Å². The van der Waals surface area contributed by atoms with Crippen molar-refractivity contribution in [2.75, 3.05) is 14.1 Å². The molecule has 1 aromatic heterocycles. The fourth-order valence-electron chi connectivity index (χ4n) is 1.00. The summed E-state index contributed by atoms with van der Waals surface area (Å²) in [6.07, 6.45) is 0. The first-order valence-electron chi connectivity index (χ1n) is 3.90. The highest BCUT2D eigenvalue weighted by Gasteiger charge is 2.04. The van der Waals surface area contributed by atoms with Gasteiger partial charge in [-0.05, 0) is 43.6 Å². The van der Waals surface area contributed by atoms with E-state index in [2.05, 4.69) is 9.97 Å². The number of halogens is 1. The second-order valence-electron chi connectivity index (χ2n) is 3.15. The summed E-state index contributed by atoms with van der Waals surface area (Å²) < 4.78 is 0.667. The summed E-state index contributed by atoms with van der Waals surface area (Å²) in [4.78, 5) is 20.3. The number of H-pyrrole nitrogens is 1. The van der Waals surface area contributed by atoms with Gasteiger partial charge in [-0.15, -0.1) is 0 Å². The highest BCUT2D eigenvalue weighted by Crippen LogP contribution is 2.02. The molecule has 1 N–H and O–H groups in total. The zero-order chi connectivity index (χ0) is 10.0. The minimum absolute atomic E-state index is 0.0510. The lowest BCUT2D eigenvalue weighted by Crippen LogP contribution is -2.21. The van der Waals surface area contributed by atoms with Crippen molar-refractivity contribution in [1.82, 2.24) is 14.9 Å². The molecule has 13 heavy (non-hydrogen) atoms. The number of aryl methyl sites for hydroxylation is 1. The first kappa shape index (κ1) is 10.6. The predicted molar refractivity (Wildman–Crippen MR) is 59.7 cm³/mol. The molecule has 0 bridgehead atoms. The monoisotopic (exact) mass is 293 g/mol. The Morgan fingerprint density at radius 3 is 2.62 bits per heavy atom. The molecule has 72 valence electrons. The minimum Gasteiger partial charge on any atom is -0.309 e. The average molecular weight is 293 g/mol. The average Bonchev–Trinajstić information content (AvgIpc) is 1.98. The van der Waals surface area contributed by atoms with Gasteiger partial charge < -0.3 is 9.88 Å². The summed E-state index contributed by atoms with van der Waals surface area (Å²) in [5.41, 5.74) is 0.742. The molecular weight excluding hydrogens is 281 g/mol. The molecule has 4 nitrogen and oxygen atoms in total. The van der Waals surface area contributed by atoms with Gasteiger partial charge in [-0.1, -0.05) is 0 Å². The molecule has 0 atom stereocenters. The lowest BCUT2D eigenvalue weighted by Gasteiger charge is -2.09. The lowest BCUT2D eigenvalue weighted by atomic mass is 10.4. The Morgan fingerprint density at radius 2 is 2.15 bits per heavy atom. The molecule has 0 aromatic carbocycles.